The Morgan fingerprint density at radius 1 is 1.10 bits per heavy atom. The van der Waals surface area contributed by atoms with Crippen LogP contribution in [0.2, 0.25) is 0 Å². The Bertz CT molecular complexity index is 1290. The Kier molecular flexibility index (Phi) is 4.43. The van der Waals surface area contributed by atoms with E-state index in [2.05, 4.69) is 36.6 Å². The van der Waals surface area contributed by atoms with E-state index in [1.165, 1.54) is 29.5 Å². The second kappa shape index (κ2) is 7.13. The summed E-state index contributed by atoms with van der Waals surface area (Å²) < 4.78 is 37.2. The molecule has 2 aromatic heterocycles. The van der Waals surface area contributed by atoms with Gasteiger partial charge in [-0.25, -0.2) is 9.97 Å². The monoisotopic (exact) mass is 427 g/mol. The van der Waals surface area contributed by atoms with Crippen molar-refractivity contribution in [2.75, 3.05) is 0 Å². The number of aromatic amines is 1. The minimum Gasteiger partial charge on any atom is -0.395 e. The number of fused-ring (bicyclic) bond motifs is 2. The number of aromatic nitrogens is 4. The van der Waals surface area contributed by atoms with E-state index in [9.17, 15) is 8.78 Å². The van der Waals surface area contributed by atoms with Crippen molar-refractivity contribution in [3.05, 3.63) is 65.9 Å². The summed E-state index contributed by atoms with van der Waals surface area (Å²) in [6.07, 6.45) is -1.25. The maximum atomic E-state index is 13.2. The van der Waals surface area contributed by atoms with Crippen LogP contribution in [0.3, 0.4) is 0 Å². The number of imidazole rings is 1. The number of ether oxygens (including phenoxy) is 2. The largest absolute Gasteiger partial charge is 0.586 e. The van der Waals surface area contributed by atoms with Gasteiger partial charge in [0.25, 0.3) is 0 Å². The third kappa shape index (κ3) is 3.61. The van der Waals surface area contributed by atoms with Crippen LogP contribution in [0, 0.1) is 5.41 Å². The summed E-state index contributed by atoms with van der Waals surface area (Å²) in [6, 6.07) is 14.6. The average molecular weight is 427 g/mol. The fourth-order valence-electron chi connectivity index (χ4n) is 3.17. The summed E-state index contributed by atoms with van der Waals surface area (Å²) >= 11 is 1.24. The summed E-state index contributed by atoms with van der Waals surface area (Å²) in [4.78, 5) is 12.5. The number of H-pyrrole nitrogens is 1. The molecule has 0 fully saturated rings. The van der Waals surface area contributed by atoms with Crippen molar-refractivity contribution < 1.29 is 18.3 Å². The molecule has 0 radical (unpaired) electrons. The third-order valence-electron chi connectivity index (χ3n) is 4.57. The van der Waals surface area contributed by atoms with Crippen molar-refractivity contribution in [2.24, 2.45) is 0 Å². The van der Waals surface area contributed by atoms with Crippen molar-refractivity contribution in [1.29, 1.82) is 5.41 Å². The van der Waals surface area contributed by atoms with Crippen LogP contribution in [-0.2, 0) is 13.0 Å². The predicted molar refractivity (Wildman–Crippen MR) is 105 cm³/mol. The molecule has 5 rings (SSSR count). The molecule has 0 saturated heterocycles. The number of halogens is 2. The molecule has 0 aliphatic carbocycles. The van der Waals surface area contributed by atoms with E-state index >= 15 is 0 Å². The molecule has 2 N–H and O–H groups in total. The Morgan fingerprint density at radius 2 is 1.90 bits per heavy atom. The molecular weight excluding hydrogens is 412 g/mol. The van der Waals surface area contributed by atoms with E-state index in [-0.39, 0.29) is 17.0 Å². The normalized spacial score (nSPS) is 14.3. The van der Waals surface area contributed by atoms with Crippen molar-refractivity contribution in [2.45, 2.75) is 29.3 Å². The Labute approximate surface area is 173 Å². The zero-order valence-corrected chi connectivity index (χ0v) is 16.2. The SMILES string of the molecule is N=c1ncn(CCc2ccccc2)c2nc(Sc3ccc4c(c3)OC(F)(F)O4)[nH]c12. The zero-order chi connectivity index (χ0) is 20.7. The Morgan fingerprint density at radius 3 is 2.73 bits per heavy atom. The number of hydrogen-bond acceptors (Lipinski definition) is 6. The van der Waals surface area contributed by atoms with E-state index in [1.807, 2.05) is 22.8 Å². The highest BCUT2D eigenvalue weighted by Crippen LogP contribution is 2.43. The topological polar surface area (TPSA) is 88.8 Å². The maximum Gasteiger partial charge on any atom is 0.586 e. The van der Waals surface area contributed by atoms with Gasteiger partial charge in [-0.3, -0.25) is 5.41 Å². The first-order valence-electron chi connectivity index (χ1n) is 9.08. The molecule has 1 aliphatic heterocycles. The Hall–Kier alpha value is -3.40. The Balaban J connectivity index is 1.41. The smallest absolute Gasteiger partial charge is 0.395 e. The van der Waals surface area contributed by atoms with Crippen LogP contribution in [0.4, 0.5) is 8.78 Å². The van der Waals surface area contributed by atoms with Gasteiger partial charge < -0.3 is 19.0 Å². The molecule has 0 spiro atoms. The van der Waals surface area contributed by atoms with E-state index in [1.54, 1.807) is 12.4 Å². The molecule has 0 bridgehead atoms. The molecule has 10 heteroatoms. The lowest BCUT2D eigenvalue weighted by atomic mass is 10.1. The number of hydrogen-bond donors (Lipinski definition) is 2. The lowest BCUT2D eigenvalue weighted by Crippen LogP contribution is -2.25. The maximum absolute atomic E-state index is 13.2. The highest BCUT2D eigenvalue weighted by atomic mass is 32.2. The molecule has 3 heterocycles. The standard InChI is InChI=1S/C20H15F2N5O2S/c21-20(22)28-14-7-6-13(10-15(14)29-20)30-19-25-16-17(23)24-11-27(18(16)26-19)9-8-12-4-2-1-3-5-12/h1-7,10-11,23H,8-9H2,(H,25,26). The third-order valence-corrected chi connectivity index (χ3v) is 5.45. The molecule has 4 aromatic rings. The number of nitrogens with one attached hydrogen (secondary N) is 2. The van der Waals surface area contributed by atoms with Gasteiger partial charge in [0.2, 0.25) is 0 Å². The van der Waals surface area contributed by atoms with Crippen LogP contribution < -0.4 is 15.0 Å². The number of nitrogens with zero attached hydrogens (tertiary/aromatic N) is 3. The summed E-state index contributed by atoms with van der Waals surface area (Å²) in [6.45, 7) is 0.655. The second-order valence-corrected chi connectivity index (χ2v) is 7.70. The van der Waals surface area contributed by atoms with Gasteiger partial charge in [0.1, 0.15) is 5.52 Å². The molecule has 7 nitrogen and oxygen atoms in total. The van der Waals surface area contributed by atoms with E-state index < -0.39 is 6.29 Å². The molecule has 1 aliphatic rings. The quantitative estimate of drug-likeness (QED) is 0.503. The van der Waals surface area contributed by atoms with Crippen molar-refractivity contribution in [3.63, 3.8) is 0 Å². The van der Waals surface area contributed by atoms with Gasteiger partial charge in [-0.1, -0.05) is 42.1 Å². The molecule has 0 unspecified atom stereocenters. The minimum absolute atomic E-state index is 0.00893. The molecule has 0 amide bonds. The number of alkyl halides is 2. The average Bonchev–Trinajstić information content (AvgIpc) is 3.28. The van der Waals surface area contributed by atoms with Crippen molar-refractivity contribution in [3.8, 4) is 11.5 Å². The van der Waals surface area contributed by atoms with Gasteiger partial charge in [-0.05, 0) is 30.2 Å². The van der Waals surface area contributed by atoms with Gasteiger partial charge in [0, 0.05) is 11.4 Å². The molecule has 152 valence electrons. The van der Waals surface area contributed by atoms with Crippen LogP contribution in [0.5, 0.6) is 11.5 Å². The lowest BCUT2D eigenvalue weighted by molar-refractivity contribution is -0.286. The van der Waals surface area contributed by atoms with E-state index in [0.717, 1.165) is 6.42 Å². The number of benzene rings is 2. The highest BCUT2D eigenvalue weighted by Gasteiger charge is 2.43. The molecule has 0 saturated carbocycles. The van der Waals surface area contributed by atoms with E-state index in [0.29, 0.717) is 27.8 Å². The van der Waals surface area contributed by atoms with Crippen LogP contribution in [-0.4, -0.2) is 25.8 Å². The summed E-state index contributed by atoms with van der Waals surface area (Å²) in [5.41, 5.74) is 2.40. The summed E-state index contributed by atoms with van der Waals surface area (Å²) in [7, 11) is 0. The predicted octanol–water partition coefficient (Wildman–Crippen LogP) is 3.95. The van der Waals surface area contributed by atoms with Crippen LogP contribution in [0.25, 0.3) is 11.2 Å². The van der Waals surface area contributed by atoms with Gasteiger partial charge in [-0.15, -0.1) is 8.78 Å². The van der Waals surface area contributed by atoms with Crippen LogP contribution >= 0.6 is 11.8 Å². The molecular formula is C20H15F2N5O2S. The van der Waals surface area contributed by atoms with Gasteiger partial charge >= 0.3 is 6.29 Å². The summed E-state index contributed by atoms with van der Waals surface area (Å²) in [5, 5.41) is 8.59. The summed E-state index contributed by atoms with van der Waals surface area (Å²) in [5.74, 6) is -0.0350. The zero-order valence-electron chi connectivity index (χ0n) is 15.4. The van der Waals surface area contributed by atoms with Crippen LogP contribution in [0.15, 0.2) is 64.9 Å². The molecule has 30 heavy (non-hydrogen) atoms. The first kappa shape index (κ1) is 18.6. The van der Waals surface area contributed by atoms with Gasteiger partial charge in [-0.2, -0.15) is 0 Å². The minimum atomic E-state index is -3.65. The highest BCUT2D eigenvalue weighted by molar-refractivity contribution is 7.99. The van der Waals surface area contributed by atoms with Gasteiger partial charge in [0.05, 0.1) is 6.33 Å². The number of rotatable bonds is 5. The number of aryl methyl sites for hydroxylation is 2. The molecule has 2 aromatic carbocycles. The van der Waals surface area contributed by atoms with Crippen LogP contribution in [0.1, 0.15) is 5.56 Å². The first-order valence-corrected chi connectivity index (χ1v) is 9.90. The molecule has 0 atom stereocenters. The second-order valence-electron chi connectivity index (χ2n) is 6.64. The van der Waals surface area contributed by atoms with E-state index in [4.69, 9.17) is 5.41 Å². The first-order chi connectivity index (χ1) is 14.5. The fourth-order valence-corrected chi connectivity index (χ4v) is 3.98. The van der Waals surface area contributed by atoms with Gasteiger partial charge in [0.15, 0.2) is 27.8 Å². The van der Waals surface area contributed by atoms with Crippen molar-refractivity contribution in [1.82, 2.24) is 19.5 Å². The van der Waals surface area contributed by atoms with Crippen molar-refractivity contribution >= 4 is 22.9 Å². The lowest BCUT2D eigenvalue weighted by Gasteiger charge is -2.06. The fraction of sp³-hybridized carbons (Fsp3) is 0.150.